The van der Waals surface area contributed by atoms with Gasteiger partial charge in [0.2, 0.25) is 5.91 Å². The molecule has 7 heteroatoms. The van der Waals surface area contributed by atoms with Crippen LogP contribution in [-0.2, 0) is 4.79 Å². The summed E-state index contributed by atoms with van der Waals surface area (Å²) in [5.41, 5.74) is 1.36. The Morgan fingerprint density at radius 2 is 1.92 bits per heavy atom. The van der Waals surface area contributed by atoms with Crippen LogP contribution in [0.2, 0.25) is 0 Å². The fourth-order valence-electron chi connectivity index (χ4n) is 2.72. The van der Waals surface area contributed by atoms with Gasteiger partial charge in [-0.1, -0.05) is 34.6 Å². The van der Waals surface area contributed by atoms with Gasteiger partial charge in [0, 0.05) is 15.9 Å². The summed E-state index contributed by atoms with van der Waals surface area (Å²) >= 11 is 3.33. The maximum Gasteiger partial charge on any atom is 0.319 e. The number of hydrogen-bond donors (Lipinski definition) is 3. The highest BCUT2D eigenvalue weighted by Gasteiger charge is 2.37. The van der Waals surface area contributed by atoms with Crippen LogP contribution in [0.5, 0.6) is 0 Å². The maximum absolute atomic E-state index is 13.6. The number of amides is 3. The number of hydrogen-bond acceptors (Lipinski definition) is 2. The van der Waals surface area contributed by atoms with Crippen molar-refractivity contribution >= 4 is 33.6 Å². The molecule has 0 spiro atoms. The molecule has 3 amide bonds. The van der Waals surface area contributed by atoms with Gasteiger partial charge < -0.3 is 16.0 Å². The standard InChI is InChI=1S/C18H15BrFN3O2/c1-10-15(17(24)22-14-7-5-12(19)6-8-14)16(23-18(25)21-10)11-3-2-4-13(20)9-11/h2-9,15-16H,1H2,(H,22,24)(H2,21,23,25)/t15-,16-/m1/s1. The summed E-state index contributed by atoms with van der Waals surface area (Å²) in [6, 6.07) is 11.7. The number of nitrogens with one attached hydrogen (secondary N) is 3. The second kappa shape index (κ2) is 7.06. The molecule has 25 heavy (non-hydrogen) atoms. The van der Waals surface area contributed by atoms with E-state index in [-0.39, 0.29) is 11.6 Å². The zero-order chi connectivity index (χ0) is 18.0. The summed E-state index contributed by atoms with van der Waals surface area (Å²) in [5.74, 6) is -1.58. The molecule has 5 nitrogen and oxygen atoms in total. The summed E-state index contributed by atoms with van der Waals surface area (Å²) in [5, 5.41) is 7.98. The molecule has 1 saturated heterocycles. The van der Waals surface area contributed by atoms with Gasteiger partial charge in [0.05, 0.1) is 6.04 Å². The predicted octanol–water partition coefficient (Wildman–Crippen LogP) is 3.71. The van der Waals surface area contributed by atoms with E-state index in [1.165, 1.54) is 18.2 Å². The Morgan fingerprint density at radius 1 is 1.20 bits per heavy atom. The third kappa shape index (κ3) is 3.88. The molecule has 0 aliphatic carbocycles. The van der Waals surface area contributed by atoms with Crippen LogP contribution >= 0.6 is 15.9 Å². The minimum atomic E-state index is -0.789. The average molecular weight is 404 g/mol. The molecule has 2 aromatic carbocycles. The second-order valence-corrected chi connectivity index (χ2v) is 6.55. The molecule has 0 aromatic heterocycles. The van der Waals surface area contributed by atoms with E-state index in [1.807, 2.05) is 0 Å². The lowest BCUT2D eigenvalue weighted by molar-refractivity contribution is -0.119. The molecule has 1 heterocycles. The van der Waals surface area contributed by atoms with Gasteiger partial charge in [0.1, 0.15) is 11.7 Å². The van der Waals surface area contributed by atoms with Crippen molar-refractivity contribution in [3.63, 3.8) is 0 Å². The van der Waals surface area contributed by atoms with Crippen LogP contribution in [0.15, 0.2) is 65.3 Å². The van der Waals surface area contributed by atoms with Gasteiger partial charge in [-0.15, -0.1) is 0 Å². The van der Waals surface area contributed by atoms with E-state index >= 15 is 0 Å². The molecule has 128 valence electrons. The first-order valence-corrected chi connectivity index (χ1v) is 8.31. The van der Waals surface area contributed by atoms with Gasteiger partial charge in [-0.2, -0.15) is 0 Å². The van der Waals surface area contributed by atoms with E-state index in [2.05, 4.69) is 38.5 Å². The number of carbonyl (C=O) groups is 2. The molecule has 1 aliphatic rings. The minimum Gasteiger partial charge on any atom is -0.330 e. The van der Waals surface area contributed by atoms with Gasteiger partial charge >= 0.3 is 6.03 Å². The molecule has 2 aromatic rings. The van der Waals surface area contributed by atoms with Gasteiger partial charge in [-0.3, -0.25) is 4.79 Å². The van der Waals surface area contributed by atoms with Crippen molar-refractivity contribution in [3.05, 3.63) is 76.7 Å². The topological polar surface area (TPSA) is 70.2 Å². The van der Waals surface area contributed by atoms with Crippen LogP contribution in [0.25, 0.3) is 0 Å². The lowest BCUT2D eigenvalue weighted by Gasteiger charge is -2.33. The predicted molar refractivity (Wildman–Crippen MR) is 96.2 cm³/mol. The van der Waals surface area contributed by atoms with Gasteiger partial charge in [0.15, 0.2) is 0 Å². The fraction of sp³-hybridized carbons (Fsp3) is 0.111. The lowest BCUT2D eigenvalue weighted by Crippen LogP contribution is -2.51. The Morgan fingerprint density at radius 3 is 2.60 bits per heavy atom. The molecule has 0 unspecified atom stereocenters. The number of halogens is 2. The molecule has 1 aliphatic heterocycles. The van der Waals surface area contributed by atoms with Crippen molar-refractivity contribution in [2.24, 2.45) is 5.92 Å². The summed E-state index contributed by atoms with van der Waals surface area (Å²) in [7, 11) is 0. The van der Waals surface area contributed by atoms with Gasteiger partial charge in [-0.05, 0) is 42.0 Å². The Balaban J connectivity index is 1.89. The fourth-order valence-corrected chi connectivity index (χ4v) is 2.99. The van der Waals surface area contributed by atoms with E-state index in [9.17, 15) is 14.0 Å². The van der Waals surface area contributed by atoms with Crippen molar-refractivity contribution in [1.29, 1.82) is 0 Å². The van der Waals surface area contributed by atoms with Gasteiger partial charge in [-0.25, -0.2) is 9.18 Å². The molecule has 3 rings (SSSR count). The van der Waals surface area contributed by atoms with Crippen molar-refractivity contribution in [2.45, 2.75) is 6.04 Å². The summed E-state index contributed by atoms with van der Waals surface area (Å²) in [4.78, 5) is 24.6. The third-order valence-corrected chi connectivity index (χ3v) is 4.40. The minimum absolute atomic E-state index is 0.257. The highest BCUT2D eigenvalue weighted by Crippen LogP contribution is 2.31. The largest absolute Gasteiger partial charge is 0.330 e. The smallest absolute Gasteiger partial charge is 0.319 e. The van der Waals surface area contributed by atoms with Gasteiger partial charge in [0.25, 0.3) is 0 Å². The number of rotatable bonds is 3. The van der Waals surface area contributed by atoms with E-state index in [4.69, 9.17) is 0 Å². The SMILES string of the molecule is C=C1NC(=O)N[C@H](c2cccc(F)c2)[C@@H]1C(=O)Nc1ccc(Br)cc1. The highest BCUT2D eigenvalue weighted by atomic mass is 79.9. The second-order valence-electron chi connectivity index (χ2n) is 5.63. The Hall–Kier alpha value is -2.67. The highest BCUT2D eigenvalue weighted by molar-refractivity contribution is 9.10. The molecule has 0 bridgehead atoms. The summed E-state index contributed by atoms with van der Waals surface area (Å²) in [6.45, 7) is 3.79. The quantitative estimate of drug-likeness (QED) is 0.730. The molecule has 2 atom stereocenters. The number of carbonyl (C=O) groups excluding carboxylic acids is 2. The molecular formula is C18H15BrFN3O2. The monoisotopic (exact) mass is 403 g/mol. The van der Waals surface area contributed by atoms with Crippen LogP contribution in [0.4, 0.5) is 14.9 Å². The first-order valence-electron chi connectivity index (χ1n) is 7.52. The van der Waals surface area contributed by atoms with Crippen molar-refractivity contribution < 1.29 is 14.0 Å². The van der Waals surface area contributed by atoms with Crippen LogP contribution in [0.3, 0.4) is 0 Å². The van der Waals surface area contributed by atoms with Crippen molar-refractivity contribution in [2.75, 3.05) is 5.32 Å². The molecule has 0 radical (unpaired) electrons. The first-order chi connectivity index (χ1) is 11.9. The number of anilines is 1. The first kappa shape index (κ1) is 17.2. The summed E-state index contributed by atoms with van der Waals surface area (Å²) in [6.07, 6.45) is 0. The van der Waals surface area contributed by atoms with E-state index in [0.717, 1.165) is 4.47 Å². The molecule has 3 N–H and O–H groups in total. The Labute approximate surface area is 152 Å². The number of urea groups is 1. The van der Waals surface area contributed by atoms with E-state index < -0.39 is 23.8 Å². The lowest BCUT2D eigenvalue weighted by atomic mass is 9.88. The molecular weight excluding hydrogens is 389 g/mol. The molecule has 0 saturated carbocycles. The van der Waals surface area contributed by atoms with Crippen LogP contribution in [0.1, 0.15) is 11.6 Å². The Kier molecular flexibility index (Phi) is 4.85. The third-order valence-electron chi connectivity index (χ3n) is 3.87. The van der Waals surface area contributed by atoms with Crippen molar-refractivity contribution in [1.82, 2.24) is 10.6 Å². The van der Waals surface area contributed by atoms with Crippen LogP contribution in [0, 0.1) is 11.7 Å². The van der Waals surface area contributed by atoms with E-state index in [0.29, 0.717) is 11.3 Å². The average Bonchev–Trinajstić information content (AvgIpc) is 2.56. The number of benzene rings is 2. The van der Waals surface area contributed by atoms with Crippen LogP contribution in [-0.4, -0.2) is 11.9 Å². The zero-order valence-electron chi connectivity index (χ0n) is 13.1. The summed E-state index contributed by atoms with van der Waals surface area (Å²) < 4.78 is 14.5. The van der Waals surface area contributed by atoms with E-state index in [1.54, 1.807) is 30.3 Å². The normalized spacial score (nSPS) is 19.8. The van der Waals surface area contributed by atoms with Crippen LogP contribution < -0.4 is 16.0 Å². The zero-order valence-corrected chi connectivity index (χ0v) is 14.6. The maximum atomic E-state index is 13.6. The molecule has 1 fully saturated rings. The Bertz CT molecular complexity index is 838. The van der Waals surface area contributed by atoms with Crippen molar-refractivity contribution in [3.8, 4) is 0 Å².